The fraction of sp³-hybridized carbons (Fsp3) is 0.433. The van der Waals surface area contributed by atoms with Gasteiger partial charge < -0.3 is 19.1 Å². The maximum Gasteiger partial charge on any atom is 0.410 e. The van der Waals surface area contributed by atoms with Gasteiger partial charge >= 0.3 is 6.09 Å². The van der Waals surface area contributed by atoms with Gasteiger partial charge in [-0.15, -0.1) is 0 Å². The van der Waals surface area contributed by atoms with Gasteiger partial charge in [0.15, 0.2) is 0 Å². The molecule has 0 radical (unpaired) electrons. The molecular weight excluding hydrogens is 480 g/mol. The van der Waals surface area contributed by atoms with E-state index in [1.54, 1.807) is 4.90 Å². The van der Waals surface area contributed by atoms with Gasteiger partial charge in [0.05, 0.1) is 36.4 Å². The molecule has 198 valence electrons. The van der Waals surface area contributed by atoms with Crippen molar-refractivity contribution < 1.29 is 19.0 Å². The van der Waals surface area contributed by atoms with E-state index in [1.807, 2.05) is 55.9 Å². The van der Waals surface area contributed by atoms with Gasteiger partial charge in [0.2, 0.25) is 0 Å². The third kappa shape index (κ3) is 4.80. The van der Waals surface area contributed by atoms with E-state index >= 15 is 0 Å². The Morgan fingerprint density at radius 1 is 1.16 bits per heavy atom. The maximum absolute atomic E-state index is 12.6. The zero-order chi connectivity index (χ0) is 26.5. The van der Waals surface area contributed by atoms with Crippen LogP contribution in [0.15, 0.2) is 54.9 Å². The number of benzene rings is 2. The summed E-state index contributed by atoms with van der Waals surface area (Å²) in [7, 11) is 0. The quantitative estimate of drug-likeness (QED) is 0.339. The van der Waals surface area contributed by atoms with E-state index in [1.165, 1.54) is 0 Å². The lowest BCUT2D eigenvalue weighted by atomic mass is 9.90. The highest BCUT2D eigenvalue weighted by Crippen LogP contribution is 2.34. The molecule has 0 aliphatic carbocycles. The van der Waals surface area contributed by atoms with Crippen molar-refractivity contribution in [2.75, 3.05) is 32.9 Å². The smallest absolute Gasteiger partial charge is 0.410 e. The Hall–Kier alpha value is -3.65. The Bertz CT molecular complexity index is 1500. The highest BCUT2D eigenvalue weighted by Gasteiger charge is 2.34. The Morgan fingerprint density at radius 2 is 2.00 bits per heavy atom. The Morgan fingerprint density at radius 3 is 2.76 bits per heavy atom. The van der Waals surface area contributed by atoms with Crippen molar-refractivity contribution in [1.29, 1.82) is 0 Å². The molecular formula is C30H34N4O4. The van der Waals surface area contributed by atoms with E-state index in [-0.39, 0.29) is 17.4 Å². The average Bonchev–Trinajstić information content (AvgIpc) is 3.52. The van der Waals surface area contributed by atoms with Crippen molar-refractivity contribution in [2.45, 2.75) is 45.6 Å². The zero-order valence-electron chi connectivity index (χ0n) is 22.4. The number of ether oxygens (including phenoxy) is 3. The molecule has 2 saturated heterocycles. The lowest BCUT2D eigenvalue weighted by molar-refractivity contribution is -0.120. The third-order valence-electron chi connectivity index (χ3n) is 7.27. The number of hydrogen-bond donors (Lipinski definition) is 0. The standard InChI is InChI=1S/C30H34N4O4/c1-29(2,3)38-28(35)33-13-12-21(15-33)23-7-5-6-20-8-11-26(32-27(20)23)34-19-31-24-14-22(9-10-25(24)34)37-18-30(4)16-36-17-30/h5-11,14,19,21H,12-13,15-18H2,1-4H3. The highest BCUT2D eigenvalue weighted by molar-refractivity contribution is 5.85. The molecule has 0 spiro atoms. The second-order valence-electron chi connectivity index (χ2n) is 11.9. The molecule has 1 amide bonds. The molecule has 2 aliphatic heterocycles. The first-order valence-corrected chi connectivity index (χ1v) is 13.2. The van der Waals surface area contributed by atoms with Crippen LogP contribution in [0.25, 0.3) is 27.8 Å². The fourth-order valence-corrected chi connectivity index (χ4v) is 5.19. The lowest BCUT2D eigenvalue weighted by Crippen LogP contribution is -2.44. The molecule has 2 fully saturated rings. The number of carbonyl (C=O) groups excluding carboxylic acids is 1. The van der Waals surface area contributed by atoms with Crippen LogP contribution >= 0.6 is 0 Å². The monoisotopic (exact) mass is 514 g/mol. The van der Waals surface area contributed by atoms with Crippen LogP contribution in [0.5, 0.6) is 5.75 Å². The molecule has 38 heavy (non-hydrogen) atoms. The van der Waals surface area contributed by atoms with Crippen LogP contribution in [0.4, 0.5) is 4.79 Å². The molecule has 0 saturated carbocycles. The molecule has 2 aliphatic rings. The summed E-state index contributed by atoms with van der Waals surface area (Å²) in [5.41, 5.74) is 3.52. The first-order chi connectivity index (χ1) is 18.2. The van der Waals surface area contributed by atoms with Gasteiger partial charge in [-0.25, -0.2) is 14.8 Å². The summed E-state index contributed by atoms with van der Waals surface area (Å²) in [6.45, 7) is 11.3. The summed E-state index contributed by atoms with van der Waals surface area (Å²) in [5.74, 6) is 1.82. The minimum absolute atomic E-state index is 0.0876. The fourth-order valence-electron chi connectivity index (χ4n) is 5.19. The molecule has 1 atom stereocenters. The minimum Gasteiger partial charge on any atom is -0.493 e. The largest absolute Gasteiger partial charge is 0.493 e. The predicted molar refractivity (Wildman–Crippen MR) is 146 cm³/mol. The number of carbonyl (C=O) groups is 1. The van der Waals surface area contributed by atoms with Crippen molar-refractivity contribution in [3.05, 3.63) is 60.4 Å². The molecule has 4 heterocycles. The zero-order valence-corrected chi connectivity index (χ0v) is 22.4. The topological polar surface area (TPSA) is 78.7 Å². The minimum atomic E-state index is -0.505. The van der Waals surface area contributed by atoms with Crippen molar-refractivity contribution in [3.8, 4) is 11.6 Å². The van der Waals surface area contributed by atoms with E-state index in [9.17, 15) is 4.79 Å². The van der Waals surface area contributed by atoms with Crippen LogP contribution < -0.4 is 4.74 Å². The SMILES string of the molecule is CC1(COc2ccc3c(c2)ncn3-c2ccc3cccc(C4CCN(C(=O)OC(C)(C)C)C4)c3n2)COC1. The molecule has 8 heteroatoms. The van der Waals surface area contributed by atoms with Crippen LogP contribution in [-0.4, -0.2) is 64.0 Å². The molecule has 6 rings (SSSR count). The van der Waals surface area contributed by atoms with Crippen LogP contribution in [-0.2, 0) is 9.47 Å². The number of nitrogens with zero attached hydrogens (tertiary/aromatic N) is 4. The van der Waals surface area contributed by atoms with Crippen molar-refractivity contribution in [2.24, 2.45) is 5.41 Å². The third-order valence-corrected chi connectivity index (χ3v) is 7.27. The molecule has 0 N–H and O–H groups in total. The summed E-state index contributed by atoms with van der Waals surface area (Å²) >= 11 is 0. The summed E-state index contributed by atoms with van der Waals surface area (Å²) in [5, 5.41) is 1.08. The van der Waals surface area contributed by atoms with Crippen LogP contribution in [0.3, 0.4) is 0 Å². The van der Waals surface area contributed by atoms with Gasteiger partial charge in [-0.1, -0.05) is 25.1 Å². The van der Waals surface area contributed by atoms with Gasteiger partial charge in [-0.2, -0.15) is 0 Å². The number of aromatic nitrogens is 3. The van der Waals surface area contributed by atoms with Crippen molar-refractivity contribution >= 4 is 28.0 Å². The number of fused-ring (bicyclic) bond motifs is 2. The lowest BCUT2D eigenvalue weighted by Gasteiger charge is -2.37. The molecule has 2 aromatic carbocycles. The predicted octanol–water partition coefficient (Wildman–Crippen LogP) is 5.71. The summed E-state index contributed by atoms with van der Waals surface area (Å²) < 4.78 is 19.0. The van der Waals surface area contributed by atoms with Crippen LogP contribution in [0.1, 0.15) is 45.6 Å². The molecule has 8 nitrogen and oxygen atoms in total. The first-order valence-electron chi connectivity index (χ1n) is 13.2. The Balaban J connectivity index is 1.26. The maximum atomic E-state index is 12.6. The summed E-state index contributed by atoms with van der Waals surface area (Å²) in [6.07, 6.45) is 2.44. The van der Waals surface area contributed by atoms with Gasteiger partial charge in [0, 0.05) is 35.9 Å². The number of imidazole rings is 1. The van der Waals surface area contributed by atoms with E-state index in [0.29, 0.717) is 19.7 Å². The molecule has 2 aromatic heterocycles. The molecule has 1 unspecified atom stereocenters. The summed E-state index contributed by atoms with van der Waals surface area (Å²) in [4.78, 5) is 24.2. The van der Waals surface area contributed by atoms with Gasteiger partial charge in [0.1, 0.15) is 23.5 Å². The van der Waals surface area contributed by atoms with Crippen molar-refractivity contribution in [3.63, 3.8) is 0 Å². The van der Waals surface area contributed by atoms with E-state index in [4.69, 9.17) is 19.2 Å². The molecule has 0 bridgehead atoms. The first kappa shape index (κ1) is 24.7. The number of pyridine rings is 1. The molecule has 4 aromatic rings. The van der Waals surface area contributed by atoms with Gasteiger partial charge in [-0.3, -0.25) is 4.57 Å². The van der Waals surface area contributed by atoms with Crippen LogP contribution in [0.2, 0.25) is 0 Å². The van der Waals surface area contributed by atoms with E-state index in [2.05, 4.69) is 36.2 Å². The van der Waals surface area contributed by atoms with Crippen molar-refractivity contribution in [1.82, 2.24) is 19.4 Å². The Labute approximate surface area is 222 Å². The normalized spacial score (nSPS) is 19.1. The number of hydrogen-bond acceptors (Lipinski definition) is 6. The van der Waals surface area contributed by atoms with Crippen LogP contribution in [0, 0.1) is 5.41 Å². The number of amides is 1. The van der Waals surface area contributed by atoms with Gasteiger partial charge in [0.25, 0.3) is 0 Å². The van der Waals surface area contributed by atoms with E-state index < -0.39 is 5.60 Å². The number of para-hydroxylation sites is 1. The summed E-state index contributed by atoms with van der Waals surface area (Å²) in [6, 6.07) is 16.4. The Kier molecular flexibility index (Phi) is 6.02. The van der Waals surface area contributed by atoms with Gasteiger partial charge in [-0.05, 0) is 57.0 Å². The second kappa shape index (κ2) is 9.27. The second-order valence-corrected chi connectivity index (χ2v) is 11.9. The number of likely N-dealkylation sites (tertiary alicyclic amines) is 1. The van der Waals surface area contributed by atoms with E-state index in [0.717, 1.165) is 58.7 Å². The highest BCUT2D eigenvalue weighted by atomic mass is 16.6. The number of rotatable bonds is 5. The average molecular weight is 515 g/mol.